The Kier molecular flexibility index (Phi) is 2.59. The third kappa shape index (κ3) is 1.54. The molecule has 0 amide bonds. The summed E-state index contributed by atoms with van der Waals surface area (Å²) >= 11 is 0. The van der Waals surface area contributed by atoms with Crippen molar-refractivity contribution in [2.24, 2.45) is 5.41 Å². The Balaban J connectivity index is 2.89. The molecule has 0 heterocycles. The molecule has 1 rings (SSSR count). The van der Waals surface area contributed by atoms with Crippen LogP contribution in [0.15, 0.2) is 11.6 Å². The lowest BCUT2D eigenvalue weighted by Crippen LogP contribution is -2.39. The quantitative estimate of drug-likeness (QED) is 0.540. The van der Waals surface area contributed by atoms with Gasteiger partial charge in [-0.25, -0.2) is 0 Å². The summed E-state index contributed by atoms with van der Waals surface area (Å²) < 4.78 is 0. The van der Waals surface area contributed by atoms with Crippen LogP contribution in [0.4, 0.5) is 0 Å². The smallest absolute Gasteiger partial charge is 0.0823 e. The molecule has 1 aliphatic rings. The van der Waals surface area contributed by atoms with Crippen molar-refractivity contribution < 1.29 is 10.2 Å². The molecule has 12 heavy (non-hydrogen) atoms. The molecule has 0 fully saturated rings. The number of aliphatic hydroxyl groups excluding tert-OH is 2. The highest BCUT2D eigenvalue weighted by Gasteiger charge is 2.37. The van der Waals surface area contributed by atoms with Gasteiger partial charge in [-0.3, -0.25) is 0 Å². The van der Waals surface area contributed by atoms with Crippen molar-refractivity contribution in [3.63, 3.8) is 0 Å². The van der Waals surface area contributed by atoms with Crippen LogP contribution in [-0.4, -0.2) is 22.4 Å². The van der Waals surface area contributed by atoms with Gasteiger partial charge in [-0.1, -0.05) is 19.9 Å². The van der Waals surface area contributed by atoms with Gasteiger partial charge in [0.25, 0.3) is 0 Å². The van der Waals surface area contributed by atoms with Gasteiger partial charge in [-0.15, -0.1) is 0 Å². The van der Waals surface area contributed by atoms with Gasteiger partial charge in [-0.05, 0) is 25.3 Å². The van der Waals surface area contributed by atoms with Crippen LogP contribution in [0.25, 0.3) is 0 Å². The van der Waals surface area contributed by atoms with Gasteiger partial charge in [-0.2, -0.15) is 0 Å². The minimum Gasteiger partial charge on any atom is -0.392 e. The zero-order valence-corrected chi connectivity index (χ0v) is 8.04. The molecule has 2 N–H and O–H groups in total. The Hall–Kier alpha value is -0.340. The second-order valence-electron chi connectivity index (χ2n) is 4.27. The lowest BCUT2D eigenvalue weighted by molar-refractivity contribution is -0.0297. The highest BCUT2D eigenvalue weighted by atomic mass is 16.3. The number of hydrogen-bond donors (Lipinski definition) is 2. The Morgan fingerprint density at radius 2 is 2.00 bits per heavy atom. The first-order chi connectivity index (χ1) is 5.46. The summed E-state index contributed by atoms with van der Waals surface area (Å²) in [7, 11) is 0. The van der Waals surface area contributed by atoms with E-state index in [0.717, 1.165) is 18.4 Å². The SMILES string of the molecule is CC1=CCC[C@@H](O)C(C)(C)[C@@H]1O. The summed E-state index contributed by atoms with van der Waals surface area (Å²) in [6.45, 7) is 5.74. The van der Waals surface area contributed by atoms with Gasteiger partial charge in [0.1, 0.15) is 0 Å². The molecular weight excluding hydrogens is 152 g/mol. The van der Waals surface area contributed by atoms with E-state index < -0.39 is 17.6 Å². The molecule has 0 aromatic heterocycles. The van der Waals surface area contributed by atoms with E-state index in [1.807, 2.05) is 26.8 Å². The molecule has 0 aromatic carbocycles. The lowest BCUT2D eigenvalue weighted by atomic mass is 9.78. The van der Waals surface area contributed by atoms with Crippen LogP contribution in [-0.2, 0) is 0 Å². The van der Waals surface area contributed by atoms with Gasteiger partial charge in [0.15, 0.2) is 0 Å². The number of allylic oxidation sites excluding steroid dienone is 1. The minimum absolute atomic E-state index is 0.402. The summed E-state index contributed by atoms with van der Waals surface area (Å²) in [5.74, 6) is 0. The van der Waals surface area contributed by atoms with Crippen LogP contribution >= 0.6 is 0 Å². The Labute approximate surface area is 73.9 Å². The van der Waals surface area contributed by atoms with Crippen molar-refractivity contribution in [3.05, 3.63) is 11.6 Å². The molecule has 0 radical (unpaired) electrons. The van der Waals surface area contributed by atoms with Gasteiger partial charge in [0, 0.05) is 5.41 Å². The fourth-order valence-electron chi connectivity index (χ4n) is 1.72. The van der Waals surface area contributed by atoms with E-state index in [-0.39, 0.29) is 0 Å². The molecule has 0 bridgehead atoms. The maximum atomic E-state index is 9.83. The molecule has 70 valence electrons. The molecule has 0 saturated heterocycles. The van der Waals surface area contributed by atoms with E-state index in [4.69, 9.17) is 0 Å². The highest BCUT2D eigenvalue weighted by Crippen LogP contribution is 2.34. The highest BCUT2D eigenvalue weighted by molar-refractivity contribution is 5.12. The van der Waals surface area contributed by atoms with Crippen molar-refractivity contribution in [2.45, 2.75) is 45.8 Å². The largest absolute Gasteiger partial charge is 0.392 e. The van der Waals surface area contributed by atoms with Crippen molar-refractivity contribution in [1.29, 1.82) is 0 Å². The van der Waals surface area contributed by atoms with Crippen LogP contribution in [0, 0.1) is 5.41 Å². The third-order valence-electron chi connectivity index (χ3n) is 2.90. The number of rotatable bonds is 0. The van der Waals surface area contributed by atoms with E-state index in [9.17, 15) is 10.2 Å². The predicted molar refractivity (Wildman–Crippen MR) is 48.8 cm³/mol. The molecule has 2 atom stereocenters. The standard InChI is InChI=1S/C10H18O2/c1-7-5-4-6-8(11)10(2,3)9(7)12/h5,8-9,11-12H,4,6H2,1-3H3/t8-,9-/m1/s1. The lowest BCUT2D eigenvalue weighted by Gasteiger charge is -2.34. The van der Waals surface area contributed by atoms with Gasteiger partial charge in [0.2, 0.25) is 0 Å². The van der Waals surface area contributed by atoms with Gasteiger partial charge in [0.05, 0.1) is 12.2 Å². The van der Waals surface area contributed by atoms with Crippen LogP contribution in [0.3, 0.4) is 0 Å². The Morgan fingerprint density at radius 3 is 2.58 bits per heavy atom. The third-order valence-corrected chi connectivity index (χ3v) is 2.90. The first-order valence-corrected chi connectivity index (χ1v) is 4.49. The summed E-state index contributed by atoms with van der Waals surface area (Å²) in [6, 6.07) is 0. The predicted octanol–water partition coefficient (Wildman–Crippen LogP) is 1.47. The van der Waals surface area contributed by atoms with E-state index >= 15 is 0 Å². The maximum absolute atomic E-state index is 9.83. The summed E-state index contributed by atoms with van der Waals surface area (Å²) in [6.07, 6.45) is 2.73. The average molecular weight is 170 g/mol. The molecule has 0 aromatic rings. The van der Waals surface area contributed by atoms with Crippen LogP contribution < -0.4 is 0 Å². The number of aliphatic hydroxyl groups is 2. The summed E-state index contributed by atoms with van der Waals surface area (Å²) in [5, 5.41) is 19.5. The van der Waals surface area contributed by atoms with Crippen molar-refractivity contribution in [3.8, 4) is 0 Å². The molecule has 1 aliphatic carbocycles. The normalized spacial score (nSPS) is 35.6. The van der Waals surface area contributed by atoms with Crippen LogP contribution in [0.1, 0.15) is 33.6 Å². The summed E-state index contributed by atoms with van der Waals surface area (Å²) in [4.78, 5) is 0. The van der Waals surface area contributed by atoms with Gasteiger partial charge >= 0.3 is 0 Å². The fraction of sp³-hybridized carbons (Fsp3) is 0.800. The van der Waals surface area contributed by atoms with E-state index in [0.29, 0.717) is 0 Å². The van der Waals surface area contributed by atoms with E-state index in [1.54, 1.807) is 0 Å². The first-order valence-electron chi connectivity index (χ1n) is 4.49. The van der Waals surface area contributed by atoms with Crippen LogP contribution in [0.2, 0.25) is 0 Å². The topological polar surface area (TPSA) is 40.5 Å². The minimum atomic E-state index is -0.505. The van der Waals surface area contributed by atoms with Crippen molar-refractivity contribution in [1.82, 2.24) is 0 Å². The second kappa shape index (κ2) is 3.19. The fourth-order valence-corrected chi connectivity index (χ4v) is 1.72. The molecule has 0 saturated carbocycles. The van der Waals surface area contributed by atoms with Crippen molar-refractivity contribution in [2.75, 3.05) is 0 Å². The average Bonchev–Trinajstić information content (AvgIpc) is 2.07. The second-order valence-corrected chi connectivity index (χ2v) is 4.27. The molecule has 2 heteroatoms. The summed E-state index contributed by atoms with van der Waals surface area (Å²) in [5.41, 5.74) is 0.577. The van der Waals surface area contributed by atoms with Crippen molar-refractivity contribution >= 4 is 0 Å². The molecule has 0 spiro atoms. The number of hydrogen-bond acceptors (Lipinski definition) is 2. The Morgan fingerprint density at radius 1 is 1.42 bits per heavy atom. The Bertz CT molecular complexity index is 194. The molecular formula is C10H18O2. The van der Waals surface area contributed by atoms with E-state index in [1.165, 1.54) is 0 Å². The zero-order chi connectivity index (χ0) is 9.35. The van der Waals surface area contributed by atoms with Crippen LogP contribution in [0.5, 0.6) is 0 Å². The molecule has 0 unspecified atom stereocenters. The zero-order valence-electron chi connectivity index (χ0n) is 8.04. The van der Waals surface area contributed by atoms with E-state index in [2.05, 4.69) is 0 Å². The first kappa shape index (κ1) is 9.75. The monoisotopic (exact) mass is 170 g/mol. The maximum Gasteiger partial charge on any atom is 0.0823 e. The molecule has 0 aliphatic heterocycles. The van der Waals surface area contributed by atoms with Gasteiger partial charge < -0.3 is 10.2 Å². The molecule has 2 nitrogen and oxygen atoms in total.